The number of allylic oxidation sites excluding steroid dienone is 13. The number of hydrogen-bond donors (Lipinski definition) is 0. The lowest BCUT2D eigenvalue weighted by molar-refractivity contribution is -0.307. The van der Waals surface area contributed by atoms with Gasteiger partial charge in [-0.15, -0.1) is 0 Å². The molecular formula is C33H42O3S2-2. The van der Waals surface area contributed by atoms with Gasteiger partial charge in [0, 0.05) is 5.57 Å². The molecule has 0 spiro atoms. The van der Waals surface area contributed by atoms with Gasteiger partial charge in [0.15, 0.2) is 5.78 Å². The van der Waals surface area contributed by atoms with Gasteiger partial charge in [-0.05, 0) is 94.5 Å². The number of ketones is 1. The Morgan fingerprint density at radius 1 is 0.526 bits per heavy atom. The molecule has 0 saturated carbocycles. The van der Waals surface area contributed by atoms with E-state index in [1.165, 1.54) is 0 Å². The van der Waals surface area contributed by atoms with E-state index in [1.807, 2.05) is 24.3 Å². The molecule has 3 rings (SSSR count). The largest absolute Gasteiger partial charge is 0.872 e. The van der Waals surface area contributed by atoms with Crippen molar-refractivity contribution in [1.29, 1.82) is 0 Å². The van der Waals surface area contributed by atoms with Crippen LogP contribution in [0.25, 0.3) is 0 Å². The molecule has 206 valence electrons. The minimum atomic E-state index is -0.728. The highest BCUT2D eigenvalue weighted by atomic mass is 32.2. The predicted molar refractivity (Wildman–Crippen MR) is 161 cm³/mol. The molecule has 3 aliphatic rings. The van der Waals surface area contributed by atoms with Crippen LogP contribution in [0.3, 0.4) is 0 Å². The third kappa shape index (κ3) is 6.71. The Morgan fingerprint density at radius 3 is 1.11 bits per heavy atom. The summed E-state index contributed by atoms with van der Waals surface area (Å²) in [6.07, 6.45) is 11.3. The highest BCUT2D eigenvalue weighted by Gasteiger charge is 2.30. The van der Waals surface area contributed by atoms with Crippen molar-refractivity contribution in [1.82, 2.24) is 0 Å². The van der Waals surface area contributed by atoms with Crippen LogP contribution < -0.4 is 10.2 Å². The number of carbonyl (C=O) groups is 1. The molecule has 0 fully saturated rings. The minimum absolute atomic E-state index is 0.0528. The number of thioether (sulfide) groups is 2. The van der Waals surface area contributed by atoms with Crippen molar-refractivity contribution in [3.8, 4) is 0 Å². The molecule has 0 aromatic heterocycles. The summed E-state index contributed by atoms with van der Waals surface area (Å²) in [6.45, 7) is 25.8. The van der Waals surface area contributed by atoms with Crippen LogP contribution in [0.5, 0.6) is 0 Å². The van der Waals surface area contributed by atoms with Gasteiger partial charge >= 0.3 is 0 Å². The molecule has 0 bridgehead atoms. The molecule has 0 aromatic rings. The maximum absolute atomic E-state index is 13.5. The standard InChI is InChI=1S/C33H44O3S2/c1-30(2,3)23-15-19(16-24(37-23)31(4,5)6)13-21-27(34)22(29(36)28(21)35)14-20-17-25(32(7,8)9)38-26(18-20)33(10,11)12/h13-18,34H,1-12H3,(H,35,36)/p-2. The van der Waals surface area contributed by atoms with Gasteiger partial charge in [-0.25, -0.2) is 0 Å². The summed E-state index contributed by atoms with van der Waals surface area (Å²) < 4.78 is 0. The molecule has 0 atom stereocenters. The molecule has 2 heterocycles. The second-order valence-corrected chi connectivity index (χ2v) is 16.5. The van der Waals surface area contributed by atoms with Crippen LogP contribution in [0.15, 0.2) is 89.9 Å². The summed E-state index contributed by atoms with van der Waals surface area (Å²) in [5.41, 5.74) is 1.08. The molecule has 38 heavy (non-hydrogen) atoms. The fourth-order valence-corrected chi connectivity index (χ4v) is 6.36. The van der Waals surface area contributed by atoms with Gasteiger partial charge in [-0.2, -0.15) is 0 Å². The maximum atomic E-state index is 13.5. The first kappa shape index (κ1) is 30.4. The lowest BCUT2D eigenvalue weighted by atomic mass is 9.91. The van der Waals surface area contributed by atoms with E-state index in [4.69, 9.17) is 0 Å². The van der Waals surface area contributed by atoms with E-state index in [0.717, 1.165) is 30.8 Å². The van der Waals surface area contributed by atoms with Crippen LogP contribution in [0.4, 0.5) is 0 Å². The van der Waals surface area contributed by atoms with Crippen molar-refractivity contribution in [3.63, 3.8) is 0 Å². The third-order valence-electron chi connectivity index (χ3n) is 6.39. The fraction of sp³-hybridized carbons (Fsp3) is 0.485. The molecule has 2 aliphatic heterocycles. The van der Waals surface area contributed by atoms with Gasteiger partial charge < -0.3 is 10.2 Å². The third-order valence-corrected chi connectivity index (χ3v) is 10.2. The average Bonchev–Trinajstić information content (AvgIpc) is 2.94. The Kier molecular flexibility index (Phi) is 8.11. The first-order chi connectivity index (χ1) is 17.1. The smallest absolute Gasteiger partial charge is 0.178 e. The number of hydrogen-bond acceptors (Lipinski definition) is 5. The molecule has 3 nitrogen and oxygen atoms in total. The second-order valence-electron chi connectivity index (χ2n) is 14.3. The summed E-state index contributed by atoms with van der Waals surface area (Å²) in [5.74, 6) is -1.95. The van der Waals surface area contributed by atoms with E-state index >= 15 is 0 Å². The average molecular weight is 551 g/mol. The van der Waals surface area contributed by atoms with Crippen LogP contribution in [-0.4, -0.2) is 5.78 Å². The lowest BCUT2D eigenvalue weighted by Gasteiger charge is -2.32. The zero-order chi connectivity index (χ0) is 29.0. The normalized spacial score (nSPS) is 19.9. The van der Waals surface area contributed by atoms with Gasteiger partial charge in [0.25, 0.3) is 0 Å². The van der Waals surface area contributed by atoms with Gasteiger partial charge in [0.1, 0.15) is 0 Å². The molecule has 5 heteroatoms. The highest BCUT2D eigenvalue weighted by Crippen LogP contribution is 2.50. The predicted octanol–water partition coefficient (Wildman–Crippen LogP) is 7.86. The summed E-state index contributed by atoms with van der Waals surface area (Å²) in [4.78, 5) is 17.7. The van der Waals surface area contributed by atoms with Crippen molar-refractivity contribution in [2.75, 3.05) is 0 Å². The molecule has 1 aliphatic carbocycles. The number of Topliss-reactive ketones (excluding diaryl/α,β-unsaturated/α-hetero) is 1. The zero-order valence-electron chi connectivity index (χ0n) is 25.0. The summed E-state index contributed by atoms with van der Waals surface area (Å²) in [7, 11) is 0. The first-order valence-corrected chi connectivity index (χ1v) is 14.8. The first-order valence-electron chi connectivity index (χ1n) is 13.1. The van der Waals surface area contributed by atoms with Gasteiger partial charge in [-0.3, -0.25) is 4.79 Å². The van der Waals surface area contributed by atoms with Crippen LogP contribution in [0.2, 0.25) is 0 Å². The van der Waals surface area contributed by atoms with E-state index in [0.29, 0.717) is 0 Å². The van der Waals surface area contributed by atoms with Crippen LogP contribution in [-0.2, 0) is 4.79 Å². The zero-order valence-corrected chi connectivity index (χ0v) is 26.6. The van der Waals surface area contributed by atoms with Crippen molar-refractivity contribution in [3.05, 3.63) is 89.9 Å². The lowest BCUT2D eigenvalue weighted by Crippen LogP contribution is -2.16. The fourth-order valence-electron chi connectivity index (χ4n) is 3.88. The highest BCUT2D eigenvalue weighted by molar-refractivity contribution is 8.07. The summed E-state index contributed by atoms with van der Waals surface area (Å²) in [5, 5.41) is 26.6. The molecule has 0 radical (unpaired) electrons. The monoisotopic (exact) mass is 550 g/mol. The van der Waals surface area contributed by atoms with Gasteiger partial charge in [-0.1, -0.05) is 118 Å². The van der Waals surface area contributed by atoms with E-state index in [9.17, 15) is 15.0 Å². The van der Waals surface area contributed by atoms with Crippen molar-refractivity contribution >= 4 is 29.3 Å². The summed E-state index contributed by atoms with van der Waals surface area (Å²) in [6, 6.07) is 0. The molecule has 0 N–H and O–H groups in total. The number of carbonyl (C=O) groups excluding carboxylic acids is 1. The van der Waals surface area contributed by atoms with E-state index in [2.05, 4.69) is 83.1 Å². The Hall–Kier alpha value is -2.11. The van der Waals surface area contributed by atoms with Crippen molar-refractivity contribution < 1.29 is 15.0 Å². The van der Waals surface area contributed by atoms with E-state index < -0.39 is 17.3 Å². The van der Waals surface area contributed by atoms with Crippen LogP contribution in [0, 0.1) is 21.7 Å². The van der Waals surface area contributed by atoms with Crippen LogP contribution >= 0.6 is 23.5 Å². The minimum Gasteiger partial charge on any atom is -0.872 e. The maximum Gasteiger partial charge on any atom is 0.178 e. The van der Waals surface area contributed by atoms with Crippen molar-refractivity contribution in [2.24, 2.45) is 21.7 Å². The Morgan fingerprint density at radius 2 is 0.816 bits per heavy atom. The molecule has 0 amide bonds. The SMILES string of the molecule is CC(C)(C)C1=CC(=CC2=C([O-])C(C=C3C=C(C(C)(C)C)SC(C(C)(C)C)=C3)=C([O-])C2=O)C=C(C(C)(C)C)S1. The molecule has 0 unspecified atom stereocenters. The van der Waals surface area contributed by atoms with Crippen molar-refractivity contribution in [2.45, 2.75) is 83.1 Å². The molecular weight excluding hydrogens is 508 g/mol. The van der Waals surface area contributed by atoms with Crippen LogP contribution in [0.1, 0.15) is 83.1 Å². The molecule has 0 saturated heterocycles. The van der Waals surface area contributed by atoms with E-state index in [-0.39, 0.29) is 32.8 Å². The quantitative estimate of drug-likeness (QED) is 0.350. The Labute approximate surface area is 238 Å². The number of rotatable bonds is 2. The van der Waals surface area contributed by atoms with Gasteiger partial charge in [0.05, 0.1) is 0 Å². The molecule has 0 aromatic carbocycles. The summed E-state index contributed by atoms with van der Waals surface area (Å²) >= 11 is 3.49. The second kappa shape index (κ2) is 10.1. The Balaban J connectivity index is 2.14. The van der Waals surface area contributed by atoms with Gasteiger partial charge in [0.2, 0.25) is 0 Å². The topological polar surface area (TPSA) is 63.2 Å². The van der Waals surface area contributed by atoms with E-state index in [1.54, 1.807) is 35.7 Å². The Bertz CT molecular complexity index is 1230.